The molecule has 0 heterocycles. The van der Waals surface area contributed by atoms with Crippen molar-refractivity contribution in [3.05, 3.63) is 0 Å². The molecule has 0 unspecified atom stereocenters. The highest BCUT2D eigenvalue weighted by Crippen LogP contribution is 2.19. The third-order valence-electron chi connectivity index (χ3n) is 1.45. The predicted octanol–water partition coefficient (Wildman–Crippen LogP) is -0.558. The lowest BCUT2D eigenvalue weighted by Crippen LogP contribution is -2.49. The Balaban J connectivity index is 0. The van der Waals surface area contributed by atoms with Crippen LogP contribution in [-0.2, 0) is 28.9 Å². The second kappa shape index (κ2) is 6.39. The van der Waals surface area contributed by atoms with Crippen LogP contribution in [0.15, 0.2) is 0 Å². The Labute approximate surface area is 108 Å². The van der Waals surface area contributed by atoms with Gasteiger partial charge in [-0.2, -0.15) is 14.5 Å². The number of hydrogen-bond donors (Lipinski definition) is 0. The normalized spacial score (nSPS) is 11.0. The van der Waals surface area contributed by atoms with Crippen LogP contribution < -0.4 is 0 Å². The van der Waals surface area contributed by atoms with Crippen molar-refractivity contribution in [3.8, 4) is 0 Å². The maximum absolute atomic E-state index is 11.6. The van der Waals surface area contributed by atoms with Crippen molar-refractivity contribution in [3.63, 3.8) is 0 Å². The van der Waals surface area contributed by atoms with Gasteiger partial charge >= 0.3 is 17.9 Å². The maximum atomic E-state index is 11.6. The summed E-state index contributed by atoms with van der Waals surface area (Å²) in [6.07, 6.45) is 0. The van der Waals surface area contributed by atoms with Gasteiger partial charge in [-0.05, 0) is 20.8 Å². The average molecular weight is 263 g/mol. The highest BCUT2D eigenvalue weighted by atomic mass is 17.2. The molecule has 0 fully saturated rings. The van der Waals surface area contributed by atoms with Crippen LogP contribution >= 0.6 is 0 Å². The first-order valence-corrected chi connectivity index (χ1v) is 4.97. The number of carbonyl (C=O) groups excluding carboxylic acids is 3. The maximum Gasteiger partial charge on any atom is 0.383 e. The molecule has 0 aliphatic carbocycles. The van der Waals surface area contributed by atoms with E-state index in [-0.39, 0.29) is 8.41 Å². The summed E-state index contributed by atoms with van der Waals surface area (Å²) in [6, 6.07) is 0. The fraction of sp³-hybridized carbons (Fsp3) is 0.700. The molecule has 18 heavy (non-hydrogen) atoms. The third kappa shape index (κ3) is 6.90. The Kier molecular flexibility index (Phi) is 6.67. The second-order valence-electron chi connectivity index (χ2n) is 4.57. The summed E-state index contributed by atoms with van der Waals surface area (Å²) in [4.78, 5) is 46.1. The average Bonchev–Trinajstić information content (AvgIpc) is 1.96. The standard InChI is InChI=1S/C10H18NO6.BH4/c1-7(12)15-11(6,16-8(2)13)17-9(14)10(3,4)5;/h1-6H3;1H4/q+1;-1. The van der Waals surface area contributed by atoms with Crippen molar-refractivity contribution in [1.82, 2.24) is 0 Å². The SMILES string of the molecule is CC(=O)O[N+](C)(OC(C)=O)OC(=O)C(C)(C)C.[BH4-]. The minimum Gasteiger partial charge on any atom is -0.245 e. The van der Waals surface area contributed by atoms with Gasteiger partial charge in [-0.1, -0.05) is 8.41 Å². The first kappa shape index (κ1) is 18.8. The summed E-state index contributed by atoms with van der Waals surface area (Å²) in [7, 11) is 1.12. The molecule has 0 atom stereocenters. The zero-order chi connectivity index (χ0) is 13.9. The Morgan fingerprint density at radius 3 is 1.44 bits per heavy atom. The molecule has 8 heteroatoms. The van der Waals surface area contributed by atoms with Gasteiger partial charge in [0.05, 0.1) is 5.41 Å². The van der Waals surface area contributed by atoms with Crippen LogP contribution in [0, 0.1) is 5.41 Å². The molecule has 106 valence electrons. The molecule has 0 rings (SSSR count). The lowest BCUT2D eigenvalue weighted by molar-refractivity contribution is -1.33. The van der Waals surface area contributed by atoms with E-state index in [4.69, 9.17) is 4.84 Å². The van der Waals surface area contributed by atoms with Crippen LogP contribution in [0.5, 0.6) is 0 Å². The summed E-state index contributed by atoms with van der Waals surface area (Å²) in [6.45, 7) is 7.04. The van der Waals surface area contributed by atoms with E-state index in [0.29, 0.717) is 0 Å². The quantitative estimate of drug-likeness (QED) is 0.386. The molecule has 0 radical (unpaired) electrons. The summed E-state index contributed by atoms with van der Waals surface area (Å²) >= 11 is 0. The predicted molar refractivity (Wildman–Crippen MR) is 66.6 cm³/mol. The van der Waals surface area contributed by atoms with Crippen LogP contribution in [-0.4, -0.2) is 38.3 Å². The zero-order valence-corrected chi connectivity index (χ0v) is 10.9. The minimum atomic E-state index is -1.32. The van der Waals surface area contributed by atoms with Crippen molar-refractivity contribution in [2.45, 2.75) is 34.6 Å². The van der Waals surface area contributed by atoms with Crippen molar-refractivity contribution in [1.29, 1.82) is 0 Å². The smallest absolute Gasteiger partial charge is 0.245 e. The van der Waals surface area contributed by atoms with Crippen molar-refractivity contribution < 1.29 is 33.9 Å². The summed E-state index contributed by atoms with van der Waals surface area (Å²) < 4.78 is 0. The molecule has 0 aliphatic heterocycles. The van der Waals surface area contributed by atoms with E-state index < -0.39 is 28.3 Å². The van der Waals surface area contributed by atoms with E-state index in [2.05, 4.69) is 9.68 Å². The number of hydrogen-bond acceptors (Lipinski definition) is 6. The lowest BCUT2D eigenvalue weighted by Gasteiger charge is -2.25. The minimum absolute atomic E-state index is 0. The molecule has 0 bridgehead atoms. The van der Waals surface area contributed by atoms with Gasteiger partial charge in [0, 0.05) is 13.8 Å². The Morgan fingerprint density at radius 1 is 0.889 bits per heavy atom. The van der Waals surface area contributed by atoms with E-state index in [0.717, 1.165) is 20.9 Å². The third-order valence-corrected chi connectivity index (χ3v) is 1.45. The molecule has 0 aromatic heterocycles. The second-order valence-corrected chi connectivity index (χ2v) is 4.57. The van der Waals surface area contributed by atoms with Crippen molar-refractivity contribution >= 4 is 26.3 Å². The molecular weight excluding hydrogens is 241 g/mol. The Hall–Kier alpha value is -1.57. The molecule has 0 aliphatic rings. The van der Waals surface area contributed by atoms with Gasteiger partial charge in [0.25, 0.3) is 0 Å². The van der Waals surface area contributed by atoms with Crippen molar-refractivity contribution in [2.75, 3.05) is 7.05 Å². The molecule has 0 amide bonds. The highest BCUT2D eigenvalue weighted by Gasteiger charge is 2.41. The van der Waals surface area contributed by atoms with Gasteiger partial charge in [0.1, 0.15) is 0 Å². The molecule has 7 nitrogen and oxygen atoms in total. The van der Waals surface area contributed by atoms with E-state index in [1.165, 1.54) is 0 Å². The largest absolute Gasteiger partial charge is 0.383 e. The van der Waals surface area contributed by atoms with Gasteiger partial charge in [0.15, 0.2) is 0 Å². The number of hydroxylamine groups is 3. The summed E-state index contributed by atoms with van der Waals surface area (Å²) in [5, 5.41) is 0. The van der Waals surface area contributed by atoms with E-state index in [1.54, 1.807) is 20.8 Å². The molecule has 0 saturated heterocycles. The van der Waals surface area contributed by atoms with Gasteiger partial charge in [-0.25, -0.2) is 14.4 Å². The first-order valence-electron chi connectivity index (χ1n) is 4.97. The fourth-order valence-corrected chi connectivity index (χ4v) is 0.810. The number of nitrogens with zero attached hydrogens (tertiary/aromatic N) is 1. The zero-order valence-electron chi connectivity index (χ0n) is 10.9. The molecular formula is C10H22BNO6. The first-order chi connectivity index (χ1) is 7.46. The monoisotopic (exact) mass is 263 g/mol. The van der Waals surface area contributed by atoms with Crippen LogP contribution in [0.4, 0.5) is 0 Å². The summed E-state index contributed by atoms with van der Waals surface area (Å²) in [5.41, 5.74) is -0.820. The molecule has 0 saturated carbocycles. The topological polar surface area (TPSA) is 78.9 Å². The van der Waals surface area contributed by atoms with Crippen LogP contribution in [0.3, 0.4) is 0 Å². The highest BCUT2D eigenvalue weighted by molar-refractivity contribution is 5.75. The van der Waals surface area contributed by atoms with Crippen LogP contribution in [0.25, 0.3) is 0 Å². The number of quaternary nitrogens is 1. The van der Waals surface area contributed by atoms with Gasteiger partial charge in [0.2, 0.25) is 12.0 Å². The fourth-order valence-electron chi connectivity index (χ4n) is 0.810. The van der Waals surface area contributed by atoms with E-state index in [1.807, 2.05) is 0 Å². The lowest BCUT2D eigenvalue weighted by atomic mass is 9.98. The van der Waals surface area contributed by atoms with Gasteiger partial charge in [-0.15, -0.1) is 0 Å². The molecule has 0 aromatic rings. The molecule has 0 aromatic carbocycles. The van der Waals surface area contributed by atoms with E-state index >= 15 is 0 Å². The van der Waals surface area contributed by atoms with E-state index in [9.17, 15) is 14.4 Å². The molecule has 0 spiro atoms. The van der Waals surface area contributed by atoms with Crippen LogP contribution in [0.1, 0.15) is 34.6 Å². The molecule has 0 N–H and O–H groups in total. The number of carbonyl (C=O) groups is 3. The van der Waals surface area contributed by atoms with Gasteiger partial charge < -0.3 is 0 Å². The van der Waals surface area contributed by atoms with Crippen LogP contribution in [0.2, 0.25) is 0 Å². The summed E-state index contributed by atoms with van der Waals surface area (Å²) in [5.74, 6) is -2.19. The van der Waals surface area contributed by atoms with Crippen molar-refractivity contribution in [2.24, 2.45) is 5.41 Å². The Bertz CT molecular complexity index is 320. The Morgan fingerprint density at radius 2 is 1.22 bits per heavy atom. The number of rotatable bonds is 3. The van der Waals surface area contributed by atoms with Gasteiger partial charge in [-0.3, -0.25) is 0 Å².